The first kappa shape index (κ1) is 15.1. The number of anilines is 1. The highest BCUT2D eigenvalue weighted by atomic mass is 15.2. The Morgan fingerprint density at radius 3 is 2.14 bits per heavy atom. The van der Waals surface area contributed by atoms with Gasteiger partial charge in [-0.1, -0.05) is 60.2 Å². The highest BCUT2D eigenvalue weighted by molar-refractivity contribution is 5.49. The molecule has 108 valence electrons. The lowest BCUT2D eigenvalue weighted by Gasteiger charge is -2.33. The topological polar surface area (TPSA) is 3.24 Å². The second-order valence-electron chi connectivity index (χ2n) is 5.36. The van der Waals surface area contributed by atoms with E-state index < -0.39 is 0 Å². The molecule has 1 heteroatoms. The molecule has 1 unspecified atom stereocenters. The van der Waals surface area contributed by atoms with Gasteiger partial charge < -0.3 is 4.90 Å². The Balaban J connectivity index is 2.40. The lowest BCUT2D eigenvalue weighted by Crippen LogP contribution is -2.29. The average molecular weight is 277 g/mol. The maximum atomic E-state index is 4.10. The van der Waals surface area contributed by atoms with E-state index in [0.717, 1.165) is 13.0 Å². The molecule has 0 spiro atoms. The largest absolute Gasteiger partial charge is 0.360 e. The second-order valence-corrected chi connectivity index (χ2v) is 5.36. The standard InChI is InChI=1S/C20H23N/c1-4-15-21(19-13-9-6-10-14-19)20(16-17(2)3)18-11-7-5-8-12-18/h4-14,20H,1-2,15-16H2,3H3. The first-order valence-electron chi connectivity index (χ1n) is 7.34. The van der Waals surface area contributed by atoms with Crippen molar-refractivity contribution in [2.45, 2.75) is 19.4 Å². The second kappa shape index (κ2) is 7.49. The smallest absolute Gasteiger partial charge is 0.0582 e. The maximum Gasteiger partial charge on any atom is 0.0582 e. The molecule has 0 aliphatic rings. The average Bonchev–Trinajstić information content (AvgIpc) is 2.52. The van der Waals surface area contributed by atoms with Gasteiger partial charge in [0.05, 0.1) is 6.04 Å². The Morgan fingerprint density at radius 1 is 1.05 bits per heavy atom. The van der Waals surface area contributed by atoms with Gasteiger partial charge in [-0.15, -0.1) is 13.2 Å². The van der Waals surface area contributed by atoms with Crippen LogP contribution in [-0.2, 0) is 0 Å². The quantitative estimate of drug-likeness (QED) is 0.614. The van der Waals surface area contributed by atoms with Gasteiger partial charge in [-0.25, -0.2) is 0 Å². The molecule has 0 aliphatic heterocycles. The lowest BCUT2D eigenvalue weighted by molar-refractivity contribution is 0.641. The molecule has 0 heterocycles. The number of nitrogens with zero attached hydrogens (tertiary/aromatic N) is 1. The minimum atomic E-state index is 0.282. The molecule has 0 aliphatic carbocycles. The molecule has 1 atom stereocenters. The molecular weight excluding hydrogens is 254 g/mol. The van der Waals surface area contributed by atoms with E-state index in [-0.39, 0.29) is 6.04 Å². The van der Waals surface area contributed by atoms with Crippen LogP contribution in [0.15, 0.2) is 85.5 Å². The lowest BCUT2D eigenvalue weighted by atomic mass is 9.98. The first-order chi connectivity index (χ1) is 10.2. The van der Waals surface area contributed by atoms with Crippen LogP contribution in [0.3, 0.4) is 0 Å². The van der Waals surface area contributed by atoms with E-state index in [1.165, 1.54) is 16.8 Å². The Labute approximate surface area is 128 Å². The van der Waals surface area contributed by atoms with Crippen LogP contribution < -0.4 is 4.90 Å². The summed E-state index contributed by atoms with van der Waals surface area (Å²) < 4.78 is 0. The third-order valence-corrected chi connectivity index (χ3v) is 3.52. The zero-order valence-corrected chi connectivity index (χ0v) is 12.7. The molecule has 2 aromatic rings. The van der Waals surface area contributed by atoms with Gasteiger partial charge in [0.1, 0.15) is 0 Å². The summed E-state index contributed by atoms with van der Waals surface area (Å²) >= 11 is 0. The fraction of sp³-hybridized carbons (Fsp3) is 0.200. The van der Waals surface area contributed by atoms with Crippen LogP contribution in [0.25, 0.3) is 0 Å². The Bertz CT molecular complexity index is 571. The number of benzene rings is 2. The molecule has 0 saturated carbocycles. The maximum absolute atomic E-state index is 4.10. The Kier molecular flexibility index (Phi) is 5.39. The molecule has 2 rings (SSSR count). The van der Waals surface area contributed by atoms with E-state index in [1.54, 1.807) is 0 Å². The van der Waals surface area contributed by atoms with Gasteiger partial charge in [-0.05, 0) is 31.0 Å². The first-order valence-corrected chi connectivity index (χ1v) is 7.34. The SMILES string of the molecule is C=CCN(c1ccccc1)C(CC(=C)C)c1ccccc1. The van der Waals surface area contributed by atoms with Gasteiger partial charge in [0, 0.05) is 12.2 Å². The molecule has 0 N–H and O–H groups in total. The number of rotatable bonds is 7. The summed E-state index contributed by atoms with van der Waals surface area (Å²) in [4.78, 5) is 2.39. The van der Waals surface area contributed by atoms with E-state index in [1.807, 2.05) is 12.1 Å². The summed E-state index contributed by atoms with van der Waals surface area (Å²) in [6.45, 7) is 10.9. The highest BCUT2D eigenvalue weighted by Gasteiger charge is 2.19. The van der Waals surface area contributed by atoms with Gasteiger partial charge in [0.25, 0.3) is 0 Å². The fourth-order valence-electron chi connectivity index (χ4n) is 2.58. The van der Waals surface area contributed by atoms with Crippen LogP contribution in [0.4, 0.5) is 5.69 Å². The monoisotopic (exact) mass is 277 g/mol. The number of hydrogen-bond acceptors (Lipinski definition) is 1. The normalized spacial score (nSPS) is 11.7. The highest BCUT2D eigenvalue weighted by Crippen LogP contribution is 2.31. The summed E-state index contributed by atoms with van der Waals surface area (Å²) in [5.41, 5.74) is 3.72. The van der Waals surface area contributed by atoms with Crippen molar-refractivity contribution in [2.75, 3.05) is 11.4 Å². The predicted molar refractivity (Wildman–Crippen MR) is 92.6 cm³/mol. The van der Waals surface area contributed by atoms with E-state index in [9.17, 15) is 0 Å². The summed E-state index contributed by atoms with van der Waals surface area (Å²) in [5.74, 6) is 0. The predicted octanol–water partition coefficient (Wildman–Crippen LogP) is 5.39. The van der Waals surface area contributed by atoms with Crippen molar-refractivity contribution in [1.82, 2.24) is 0 Å². The van der Waals surface area contributed by atoms with Gasteiger partial charge in [-0.2, -0.15) is 0 Å². The van der Waals surface area contributed by atoms with Crippen molar-refractivity contribution < 1.29 is 0 Å². The van der Waals surface area contributed by atoms with Crippen molar-refractivity contribution >= 4 is 5.69 Å². The van der Waals surface area contributed by atoms with Crippen molar-refractivity contribution in [1.29, 1.82) is 0 Å². The molecule has 0 radical (unpaired) electrons. The fourth-order valence-corrected chi connectivity index (χ4v) is 2.58. The third-order valence-electron chi connectivity index (χ3n) is 3.52. The van der Waals surface area contributed by atoms with Crippen LogP contribution >= 0.6 is 0 Å². The minimum Gasteiger partial charge on any atom is -0.360 e. The molecule has 0 fully saturated rings. The molecule has 0 bridgehead atoms. The summed E-state index contributed by atoms with van der Waals surface area (Å²) in [5, 5.41) is 0. The zero-order chi connectivity index (χ0) is 15.1. The van der Waals surface area contributed by atoms with E-state index in [4.69, 9.17) is 0 Å². The molecule has 21 heavy (non-hydrogen) atoms. The van der Waals surface area contributed by atoms with Gasteiger partial charge in [0.15, 0.2) is 0 Å². The van der Waals surface area contributed by atoms with Crippen molar-refractivity contribution in [3.63, 3.8) is 0 Å². The van der Waals surface area contributed by atoms with Crippen molar-refractivity contribution in [2.24, 2.45) is 0 Å². The molecule has 2 aromatic carbocycles. The van der Waals surface area contributed by atoms with Crippen LogP contribution in [0.2, 0.25) is 0 Å². The van der Waals surface area contributed by atoms with Gasteiger partial charge >= 0.3 is 0 Å². The van der Waals surface area contributed by atoms with Crippen LogP contribution in [0, 0.1) is 0 Å². The Hall–Kier alpha value is -2.28. The summed E-state index contributed by atoms with van der Waals surface area (Å²) in [6.07, 6.45) is 2.90. The van der Waals surface area contributed by atoms with Crippen molar-refractivity contribution in [3.05, 3.63) is 91.0 Å². The molecule has 0 aromatic heterocycles. The van der Waals surface area contributed by atoms with Gasteiger partial charge in [0.2, 0.25) is 0 Å². The van der Waals surface area contributed by atoms with Crippen molar-refractivity contribution in [3.8, 4) is 0 Å². The van der Waals surface area contributed by atoms with Crippen LogP contribution in [0.1, 0.15) is 24.9 Å². The zero-order valence-electron chi connectivity index (χ0n) is 12.7. The van der Waals surface area contributed by atoms with Crippen LogP contribution in [-0.4, -0.2) is 6.54 Å². The van der Waals surface area contributed by atoms with E-state index in [2.05, 4.69) is 79.6 Å². The molecule has 1 nitrogen and oxygen atoms in total. The summed E-state index contributed by atoms with van der Waals surface area (Å²) in [6, 6.07) is 21.4. The Morgan fingerprint density at radius 2 is 1.62 bits per heavy atom. The number of para-hydroxylation sites is 1. The minimum absolute atomic E-state index is 0.282. The molecular formula is C20H23N. The number of hydrogen-bond donors (Lipinski definition) is 0. The van der Waals surface area contributed by atoms with E-state index >= 15 is 0 Å². The molecule has 0 saturated heterocycles. The summed E-state index contributed by atoms with van der Waals surface area (Å²) in [7, 11) is 0. The van der Waals surface area contributed by atoms with Gasteiger partial charge in [-0.3, -0.25) is 0 Å². The third kappa shape index (κ3) is 4.09. The van der Waals surface area contributed by atoms with E-state index in [0.29, 0.717) is 0 Å². The van der Waals surface area contributed by atoms with Crippen LogP contribution in [0.5, 0.6) is 0 Å². The molecule has 0 amide bonds.